The van der Waals surface area contributed by atoms with Crippen LogP contribution >= 0.6 is 0 Å². The number of nitrogens with zero attached hydrogens (tertiary/aromatic N) is 2. The molecule has 2 aliphatic heterocycles. The Morgan fingerprint density at radius 3 is 1.65 bits per heavy atom. The van der Waals surface area contributed by atoms with Gasteiger partial charge in [-0.3, -0.25) is 0 Å². The molecule has 2 nitrogen and oxygen atoms in total. The van der Waals surface area contributed by atoms with E-state index in [1.807, 2.05) is 6.08 Å². The summed E-state index contributed by atoms with van der Waals surface area (Å²) in [5, 5.41) is 7.53. The highest BCUT2D eigenvalue weighted by atomic mass is 15.2. The van der Waals surface area contributed by atoms with Gasteiger partial charge in [-0.1, -0.05) is 178 Å². The van der Waals surface area contributed by atoms with Gasteiger partial charge in [0.2, 0.25) is 0 Å². The lowest BCUT2D eigenvalue weighted by molar-refractivity contribution is 0.660. The molecule has 0 atom stereocenters. The number of aryl methyl sites for hydroxylation is 3. The first-order valence-corrected chi connectivity index (χ1v) is 23.5. The number of benzene rings is 9. The van der Waals surface area contributed by atoms with Crippen LogP contribution in [0.4, 0.5) is 28.4 Å². The minimum atomic E-state index is -0.175. The Bertz CT molecular complexity index is 3510. The van der Waals surface area contributed by atoms with E-state index in [2.05, 4.69) is 231 Å². The van der Waals surface area contributed by atoms with Gasteiger partial charge in [0.1, 0.15) is 0 Å². The third kappa shape index (κ3) is 6.38. The first kappa shape index (κ1) is 39.9. The van der Waals surface area contributed by atoms with E-state index in [4.69, 9.17) is 0 Å². The fraction of sp³-hybridized carbons (Fsp3) is 0.125. The largest absolute Gasteiger partial charge is 0.313 e. The van der Waals surface area contributed by atoms with Crippen molar-refractivity contribution in [3.8, 4) is 11.1 Å². The van der Waals surface area contributed by atoms with Crippen LogP contribution in [0.1, 0.15) is 66.1 Å². The molecule has 0 N–H and O–H groups in total. The second kappa shape index (κ2) is 15.8. The zero-order valence-electron chi connectivity index (χ0n) is 38.0. The van der Waals surface area contributed by atoms with Gasteiger partial charge in [0.05, 0.1) is 5.69 Å². The molecule has 9 aromatic rings. The van der Waals surface area contributed by atoms with E-state index in [1.54, 1.807) is 0 Å². The van der Waals surface area contributed by atoms with Crippen molar-refractivity contribution in [3.63, 3.8) is 0 Å². The van der Waals surface area contributed by atoms with Crippen molar-refractivity contribution in [2.45, 2.75) is 51.9 Å². The maximum atomic E-state index is 3.98. The van der Waals surface area contributed by atoms with Gasteiger partial charge in [0, 0.05) is 39.2 Å². The fourth-order valence-electron chi connectivity index (χ4n) is 11.4. The summed E-state index contributed by atoms with van der Waals surface area (Å²) in [6.45, 7) is 11.1. The Labute approximate surface area is 388 Å². The number of fused-ring (bicyclic) bond motifs is 11. The van der Waals surface area contributed by atoms with Crippen molar-refractivity contribution in [2.24, 2.45) is 0 Å². The molecule has 0 radical (unpaired) electrons. The first-order valence-electron chi connectivity index (χ1n) is 23.5. The van der Waals surface area contributed by atoms with Crippen LogP contribution in [-0.4, -0.2) is 0 Å². The van der Waals surface area contributed by atoms with Gasteiger partial charge in [-0.25, -0.2) is 0 Å². The van der Waals surface area contributed by atoms with Gasteiger partial charge in [-0.2, -0.15) is 0 Å². The lowest BCUT2D eigenvalue weighted by Gasteiger charge is -2.29. The van der Waals surface area contributed by atoms with E-state index < -0.39 is 0 Å². The number of rotatable bonds is 6. The molecular weight excluding hydrogens is 797 g/mol. The highest BCUT2D eigenvalue weighted by Gasteiger charge is 2.36. The third-order valence-electron chi connectivity index (χ3n) is 14.8. The SMILES string of the molecule is C=C/C=C\C1=C(C)N(c2cc3c4ccccc4c(/C=C/c4ccc5c(c4)C(C)(C)c4cc(N6c7ccccc7CCc7ccccc76)ccc4-5)cc3c3ccccc23)c2ccccc2CC1. The molecular formula is C64H52N2. The molecule has 2 heteroatoms. The summed E-state index contributed by atoms with van der Waals surface area (Å²) >= 11 is 0. The quantitative estimate of drug-likeness (QED) is 0.0934. The molecule has 318 valence electrons. The molecule has 0 bridgehead atoms. The van der Waals surface area contributed by atoms with Crippen LogP contribution in [0.3, 0.4) is 0 Å². The molecule has 0 saturated carbocycles. The highest BCUT2D eigenvalue weighted by Crippen LogP contribution is 2.52. The van der Waals surface area contributed by atoms with Crippen molar-refractivity contribution in [1.29, 1.82) is 0 Å². The number of hydrogen-bond donors (Lipinski definition) is 0. The van der Waals surface area contributed by atoms with E-state index in [9.17, 15) is 0 Å². The van der Waals surface area contributed by atoms with Crippen molar-refractivity contribution in [3.05, 3.63) is 245 Å². The summed E-state index contributed by atoms with van der Waals surface area (Å²) < 4.78 is 0. The van der Waals surface area contributed by atoms with E-state index in [0.717, 1.165) is 25.7 Å². The van der Waals surface area contributed by atoms with E-state index >= 15 is 0 Å². The summed E-state index contributed by atoms with van der Waals surface area (Å²) in [5.41, 5.74) is 20.6. The Morgan fingerprint density at radius 2 is 0.985 bits per heavy atom. The van der Waals surface area contributed by atoms with Crippen LogP contribution in [-0.2, 0) is 24.7 Å². The van der Waals surface area contributed by atoms with Crippen molar-refractivity contribution in [2.75, 3.05) is 9.80 Å². The molecule has 0 aromatic heterocycles. The average Bonchev–Trinajstić information content (AvgIpc) is 3.45. The molecule has 3 aliphatic rings. The van der Waals surface area contributed by atoms with Gasteiger partial charge in [0.15, 0.2) is 0 Å². The van der Waals surface area contributed by atoms with Crippen molar-refractivity contribution < 1.29 is 0 Å². The second-order valence-corrected chi connectivity index (χ2v) is 18.8. The maximum absolute atomic E-state index is 3.98. The monoisotopic (exact) mass is 848 g/mol. The van der Waals surface area contributed by atoms with Gasteiger partial charge in [0.25, 0.3) is 0 Å². The van der Waals surface area contributed by atoms with Crippen LogP contribution in [0.25, 0.3) is 55.6 Å². The molecule has 1 aliphatic carbocycles. The summed E-state index contributed by atoms with van der Waals surface area (Å²) in [5.74, 6) is 0. The van der Waals surface area contributed by atoms with Crippen molar-refractivity contribution >= 4 is 72.9 Å². The summed E-state index contributed by atoms with van der Waals surface area (Å²) in [6, 6.07) is 63.8. The summed E-state index contributed by atoms with van der Waals surface area (Å²) in [6.07, 6.45) is 14.9. The molecule has 0 amide bonds. The lowest BCUT2D eigenvalue weighted by Crippen LogP contribution is -2.17. The minimum Gasteiger partial charge on any atom is -0.313 e. The number of hydrogen-bond acceptors (Lipinski definition) is 2. The predicted molar refractivity (Wildman–Crippen MR) is 283 cm³/mol. The summed E-state index contributed by atoms with van der Waals surface area (Å²) in [4.78, 5) is 5.00. The first-order chi connectivity index (χ1) is 32.4. The molecule has 0 spiro atoms. The molecule has 0 unspecified atom stereocenters. The van der Waals surface area contributed by atoms with Crippen LogP contribution in [0.2, 0.25) is 0 Å². The average molecular weight is 849 g/mol. The second-order valence-electron chi connectivity index (χ2n) is 18.8. The Kier molecular flexibility index (Phi) is 9.54. The normalized spacial score (nSPS) is 15.2. The molecule has 66 heavy (non-hydrogen) atoms. The van der Waals surface area contributed by atoms with Gasteiger partial charge in [-0.05, 0) is 158 Å². The smallest absolute Gasteiger partial charge is 0.0543 e. The minimum absolute atomic E-state index is 0.175. The topological polar surface area (TPSA) is 6.48 Å². The Balaban J connectivity index is 0.948. The number of anilines is 5. The molecule has 9 aromatic carbocycles. The maximum Gasteiger partial charge on any atom is 0.0543 e. The zero-order valence-corrected chi connectivity index (χ0v) is 38.0. The van der Waals surface area contributed by atoms with E-state index in [-0.39, 0.29) is 5.41 Å². The van der Waals surface area contributed by atoms with Crippen LogP contribution in [0.5, 0.6) is 0 Å². The van der Waals surface area contributed by atoms with E-state index in [1.165, 1.54) is 122 Å². The van der Waals surface area contributed by atoms with Crippen LogP contribution in [0, 0.1) is 0 Å². The Morgan fingerprint density at radius 1 is 0.455 bits per heavy atom. The van der Waals surface area contributed by atoms with Gasteiger partial charge >= 0.3 is 0 Å². The molecule has 12 rings (SSSR count). The van der Waals surface area contributed by atoms with Crippen molar-refractivity contribution in [1.82, 2.24) is 0 Å². The standard InChI is InChI=1S/C64H52N2/c1-5-6-17-44-31-32-45-18-7-14-25-60(45)65(42(44)2)63-41-57-51-22-11-10-21-50(51)48(39-56(57)52-23-12-13-24-55(52)63)30-28-43-29-36-53-54-37-35-49(40-59(54)64(3,4)58(53)38-43)66-61-26-15-8-19-46(61)33-34-47-20-9-16-27-62(47)66/h5-30,35-41H,1,31-34H2,2-4H3/b17-6-,30-28+. The van der Waals surface area contributed by atoms with E-state index in [0.29, 0.717) is 0 Å². The predicted octanol–water partition coefficient (Wildman–Crippen LogP) is 17.3. The van der Waals surface area contributed by atoms with Gasteiger partial charge < -0.3 is 9.80 Å². The highest BCUT2D eigenvalue weighted by molar-refractivity contribution is 6.23. The fourth-order valence-corrected chi connectivity index (χ4v) is 11.4. The van der Waals surface area contributed by atoms with Gasteiger partial charge in [-0.15, -0.1) is 0 Å². The molecule has 2 heterocycles. The van der Waals surface area contributed by atoms with Crippen LogP contribution < -0.4 is 9.80 Å². The molecule has 0 saturated heterocycles. The lowest BCUT2D eigenvalue weighted by atomic mass is 9.81. The Hall–Kier alpha value is -7.68. The number of para-hydroxylation sites is 3. The zero-order chi connectivity index (χ0) is 44.5. The summed E-state index contributed by atoms with van der Waals surface area (Å²) in [7, 11) is 0. The third-order valence-corrected chi connectivity index (χ3v) is 14.8. The van der Waals surface area contributed by atoms with Crippen LogP contribution in [0.15, 0.2) is 206 Å². The molecule has 0 fully saturated rings. The number of allylic oxidation sites excluding steroid dienone is 5.